The maximum Gasteiger partial charge on any atom is 0.410 e. The SMILES string of the molecule is CC(C)(C)OC(=O)N1CCCC(C(=O)Nc2ccc(Cc3ccncc3)cc2)C1. The van der Waals surface area contributed by atoms with E-state index in [1.165, 1.54) is 11.1 Å². The molecule has 1 aliphatic heterocycles. The topological polar surface area (TPSA) is 71.5 Å². The number of aromatic nitrogens is 1. The summed E-state index contributed by atoms with van der Waals surface area (Å²) in [6.45, 7) is 6.55. The molecule has 1 fully saturated rings. The van der Waals surface area contributed by atoms with Gasteiger partial charge in [0.05, 0.1) is 5.92 Å². The Balaban J connectivity index is 1.54. The van der Waals surface area contributed by atoms with Crippen molar-refractivity contribution in [2.24, 2.45) is 5.92 Å². The minimum Gasteiger partial charge on any atom is -0.444 e. The van der Waals surface area contributed by atoms with Gasteiger partial charge in [0.1, 0.15) is 5.60 Å². The molecule has 1 aliphatic rings. The second-order valence-corrected chi connectivity index (χ2v) is 8.48. The first kappa shape index (κ1) is 20.8. The fraction of sp³-hybridized carbons (Fsp3) is 0.435. The number of nitrogens with one attached hydrogen (secondary N) is 1. The van der Waals surface area contributed by atoms with Crippen LogP contribution in [0.2, 0.25) is 0 Å². The Bertz CT molecular complexity index is 829. The van der Waals surface area contributed by atoms with Gasteiger partial charge in [-0.25, -0.2) is 4.79 Å². The zero-order valence-electron chi connectivity index (χ0n) is 17.4. The lowest BCUT2D eigenvalue weighted by Crippen LogP contribution is -2.45. The van der Waals surface area contributed by atoms with Crippen LogP contribution in [0.5, 0.6) is 0 Å². The van der Waals surface area contributed by atoms with Crippen molar-refractivity contribution < 1.29 is 14.3 Å². The molecule has 0 bridgehead atoms. The van der Waals surface area contributed by atoms with Gasteiger partial charge in [-0.3, -0.25) is 9.78 Å². The van der Waals surface area contributed by atoms with E-state index in [-0.39, 0.29) is 17.9 Å². The number of benzene rings is 1. The van der Waals surface area contributed by atoms with Gasteiger partial charge in [-0.15, -0.1) is 0 Å². The van der Waals surface area contributed by atoms with E-state index in [0.29, 0.717) is 13.1 Å². The number of carbonyl (C=O) groups excluding carboxylic acids is 2. The molecule has 0 spiro atoms. The third-order valence-corrected chi connectivity index (χ3v) is 4.82. The second-order valence-electron chi connectivity index (χ2n) is 8.48. The number of pyridine rings is 1. The molecule has 3 rings (SSSR count). The van der Waals surface area contributed by atoms with Crippen LogP contribution >= 0.6 is 0 Å². The first-order chi connectivity index (χ1) is 13.8. The number of amides is 2. The highest BCUT2D eigenvalue weighted by Crippen LogP contribution is 2.21. The maximum absolute atomic E-state index is 12.7. The molecule has 2 heterocycles. The fourth-order valence-electron chi connectivity index (χ4n) is 3.37. The van der Waals surface area contributed by atoms with Gasteiger partial charge in [0, 0.05) is 31.2 Å². The summed E-state index contributed by atoms with van der Waals surface area (Å²) in [6, 6.07) is 11.9. The molecular formula is C23H29N3O3. The molecule has 0 saturated carbocycles. The van der Waals surface area contributed by atoms with E-state index in [1.807, 2.05) is 57.2 Å². The lowest BCUT2D eigenvalue weighted by molar-refractivity contribution is -0.121. The van der Waals surface area contributed by atoms with Crippen LogP contribution in [0, 0.1) is 5.92 Å². The molecule has 0 radical (unpaired) electrons. The van der Waals surface area contributed by atoms with E-state index in [0.717, 1.165) is 24.9 Å². The van der Waals surface area contributed by atoms with Gasteiger partial charge in [0.15, 0.2) is 0 Å². The van der Waals surface area contributed by atoms with Crippen LogP contribution in [0.25, 0.3) is 0 Å². The van der Waals surface area contributed by atoms with E-state index in [1.54, 1.807) is 17.3 Å². The third kappa shape index (κ3) is 6.31. The van der Waals surface area contributed by atoms with E-state index in [2.05, 4.69) is 10.3 Å². The average Bonchev–Trinajstić information content (AvgIpc) is 2.69. The fourth-order valence-corrected chi connectivity index (χ4v) is 3.37. The highest BCUT2D eigenvalue weighted by molar-refractivity contribution is 5.93. The van der Waals surface area contributed by atoms with Gasteiger partial charge in [-0.05, 0) is 75.4 Å². The highest BCUT2D eigenvalue weighted by atomic mass is 16.6. The number of hydrogen-bond acceptors (Lipinski definition) is 4. The van der Waals surface area contributed by atoms with Crippen LogP contribution in [0.1, 0.15) is 44.7 Å². The zero-order valence-corrected chi connectivity index (χ0v) is 17.4. The Morgan fingerprint density at radius 2 is 1.76 bits per heavy atom. The van der Waals surface area contributed by atoms with Gasteiger partial charge >= 0.3 is 6.09 Å². The first-order valence-electron chi connectivity index (χ1n) is 10.1. The molecule has 1 aromatic heterocycles. The van der Waals surface area contributed by atoms with Gasteiger partial charge in [0.2, 0.25) is 5.91 Å². The Hall–Kier alpha value is -2.89. The molecule has 29 heavy (non-hydrogen) atoms. The van der Waals surface area contributed by atoms with Gasteiger partial charge in [-0.2, -0.15) is 0 Å². The Labute approximate surface area is 172 Å². The van der Waals surface area contributed by atoms with Crippen LogP contribution in [0.15, 0.2) is 48.8 Å². The van der Waals surface area contributed by atoms with E-state index < -0.39 is 5.60 Å². The predicted octanol–water partition coefficient (Wildman–Crippen LogP) is 4.26. The van der Waals surface area contributed by atoms with Crippen molar-refractivity contribution in [3.63, 3.8) is 0 Å². The number of anilines is 1. The zero-order chi connectivity index (χ0) is 20.9. The lowest BCUT2D eigenvalue weighted by atomic mass is 9.97. The molecule has 6 heteroatoms. The first-order valence-corrected chi connectivity index (χ1v) is 10.1. The van der Waals surface area contributed by atoms with Crippen molar-refractivity contribution in [1.29, 1.82) is 0 Å². The van der Waals surface area contributed by atoms with Crippen molar-refractivity contribution in [3.05, 3.63) is 59.9 Å². The van der Waals surface area contributed by atoms with Crippen LogP contribution in [-0.2, 0) is 16.0 Å². The van der Waals surface area contributed by atoms with E-state index in [4.69, 9.17) is 4.74 Å². The average molecular weight is 396 g/mol. The summed E-state index contributed by atoms with van der Waals surface area (Å²) in [5.74, 6) is -0.284. The molecule has 1 atom stereocenters. The normalized spacial score (nSPS) is 16.9. The largest absolute Gasteiger partial charge is 0.444 e. The maximum atomic E-state index is 12.7. The van der Waals surface area contributed by atoms with Crippen LogP contribution < -0.4 is 5.32 Å². The van der Waals surface area contributed by atoms with Crippen molar-refractivity contribution in [1.82, 2.24) is 9.88 Å². The third-order valence-electron chi connectivity index (χ3n) is 4.82. The molecule has 2 amide bonds. The molecular weight excluding hydrogens is 366 g/mol. The molecule has 1 saturated heterocycles. The standard InChI is InChI=1S/C23H29N3O3/c1-23(2,3)29-22(28)26-14-4-5-19(16-26)21(27)25-20-8-6-17(7-9-20)15-18-10-12-24-13-11-18/h6-13,19H,4-5,14-16H2,1-3H3,(H,25,27). The highest BCUT2D eigenvalue weighted by Gasteiger charge is 2.31. The van der Waals surface area contributed by atoms with Gasteiger partial charge in [0.25, 0.3) is 0 Å². The molecule has 1 unspecified atom stereocenters. The number of rotatable bonds is 4. The summed E-state index contributed by atoms with van der Waals surface area (Å²) in [4.78, 5) is 30.7. The molecule has 1 N–H and O–H groups in total. The number of likely N-dealkylation sites (tertiary alicyclic amines) is 1. The van der Waals surface area contributed by atoms with Gasteiger partial charge < -0.3 is 15.0 Å². The van der Waals surface area contributed by atoms with Crippen molar-refractivity contribution in [2.45, 2.75) is 45.6 Å². The Morgan fingerprint density at radius 3 is 2.41 bits per heavy atom. The summed E-state index contributed by atoms with van der Waals surface area (Å²) in [6.07, 6.45) is 5.61. The molecule has 0 aliphatic carbocycles. The summed E-state index contributed by atoms with van der Waals surface area (Å²) in [5.41, 5.74) is 2.59. The summed E-state index contributed by atoms with van der Waals surface area (Å²) < 4.78 is 5.44. The summed E-state index contributed by atoms with van der Waals surface area (Å²) in [5, 5.41) is 2.98. The van der Waals surface area contributed by atoms with Crippen LogP contribution in [0.4, 0.5) is 10.5 Å². The predicted molar refractivity (Wildman–Crippen MR) is 113 cm³/mol. The molecule has 6 nitrogen and oxygen atoms in total. The van der Waals surface area contributed by atoms with E-state index in [9.17, 15) is 9.59 Å². The summed E-state index contributed by atoms with van der Waals surface area (Å²) in [7, 11) is 0. The van der Waals surface area contributed by atoms with Crippen molar-refractivity contribution in [3.8, 4) is 0 Å². The van der Waals surface area contributed by atoms with E-state index >= 15 is 0 Å². The molecule has 2 aromatic rings. The quantitative estimate of drug-likeness (QED) is 0.840. The number of ether oxygens (including phenoxy) is 1. The minimum atomic E-state index is -0.537. The number of piperidine rings is 1. The monoisotopic (exact) mass is 395 g/mol. The second kappa shape index (κ2) is 9.07. The van der Waals surface area contributed by atoms with Crippen molar-refractivity contribution >= 4 is 17.7 Å². The van der Waals surface area contributed by atoms with Crippen LogP contribution in [0.3, 0.4) is 0 Å². The summed E-state index contributed by atoms with van der Waals surface area (Å²) >= 11 is 0. The van der Waals surface area contributed by atoms with Gasteiger partial charge in [-0.1, -0.05) is 12.1 Å². The lowest BCUT2D eigenvalue weighted by Gasteiger charge is -2.33. The number of carbonyl (C=O) groups is 2. The van der Waals surface area contributed by atoms with Crippen molar-refractivity contribution in [2.75, 3.05) is 18.4 Å². The Morgan fingerprint density at radius 1 is 1.10 bits per heavy atom. The number of hydrogen-bond donors (Lipinski definition) is 1. The number of nitrogens with zero attached hydrogens (tertiary/aromatic N) is 2. The molecule has 154 valence electrons. The molecule has 1 aromatic carbocycles. The minimum absolute atomic E-state index is 0.0554. The Kier molecular flexibility index (Phi) is 6.52. The van der Waals surface area contributed by atoms with Crippen LogP contribution in [-0.4, -0.2) is 40.6 Å². The smallest absolute Gasteiger partial charge is 0.410 e.